The Labute approximate surface area is 263 Å². The number of rotatable bonds is 8. The number of halogens is 2. The van der Waals surface area contributed by atoms with E-state index in [-0.39, 0.29) is 22.4 Å². The minimum atomic E-state index is -0.482. The highest BCUT2D eigenvalue weighted by Gasteiger charge is 2.49. The number of hydrogen-bond donors (Lipinski definition) is 0. The third-order valence-electron chi connectivity index (χ3n) is 8.46. The van der Waals surface area contributed by atoms with Crippen molar-refractivity contribution < 1.29 is 19.1 Å². The van der Waals surface area contributed by atoms with Crippen LogP contribution in [0.3, 0.4) is 0 Å². The maximum Gasteiger partial charge on any atom is 0.180 e. The molecule has 0 unspecified atom stereocenters. The highest BCUT2D eigenvalue weighted by atomic mass is 79.9. The Balaban J connectivity index is 1.67. The molecule has 7 heteroatoms. The molecular weight excluding hydrogens is 614 g/mol. The third kappa shape index (κ3) is 5.94. The summed E-state index contributed by atoms with van der Waals surface area (Å²) >= 11 is 10.5. The molecule has 2 aromatic rings. The summed E-state index contributed by atoms with van der Waals surface area (Å²) in [7, 11) is 0. The van der Waals surface area contributed by atoms with Crippen LogP contribution in [0, 0.1) is 10.8 Å². The summed E-state index contributed by atoms with van der Waals surface area (Å²) in [5.41, 5.74) is 5.09. The lowest BCUT2D eigenvalue weighted by Gasteiger charge is -2.49. The molecule has 3 aliphatic rings. The Morgan fingerprint density at radius 2 is 1.50 bits per heavy atom. The molecule has 2 aliphatic carbocycles. The quantitative estimate of drug-likeness (QED) is 0.284. The van der Waals surface area contributed by atoms with Gasteiger partial charge in [0.25, 0.3) is 0 Å². The standard InChI is InChI=1S/C35H41BrClNO4/c1-7-13-38-25-16-34(3,4)18-27(39)31(25)30(32-26(38)17-35(5,6)19-28(32)40)22-14-24(37)33(29(15-22)41-8-2)42-20-21-11-9-10-12-23(21)36/h9-12,14-15,30H,7-8,13,16-20H2,1-6H3. The predicted octanol–water partition coefficient (Wildman–Crippen LogP) is 9.18. The predicted molar refractivity (Wildman–Crippen MR) is 171 cm³/mol. The van der Waals surface area contributed by atoms with Gasteiger partial charge in [-0.15, -0.1) is 0 Å². The first-order chi connectivity index (χ1) is 19.9. The van der Waals surface area contributed by atoms with E-state index < -0.39 is 5.92 Å². The van der Waals surface area contributed by atoms with Gasteiger partial charge in [0, 0.05) is 57.9 Å². The number of allylic oxidation sites excluding steroid dienone is 4. The molecule has 5 nitrogen and oxygen atoms in total. The maximum atomic E-state index is 14.0. The largest absolute Gasteiger partial charge is 0.490 e. The number of benzene rings is 2. The molecule has 0 N–H and O–H groups in total. The molecule has 1 heterocycles. The van der Waals surface area contributed by atoms with Crippen LogP contribution in [-0.4, -0.2) is 29.6 Å². The molecule has 42 heavy (non-hydrogen) atoms. The molecule has 0 radical (unpaired) electrons. The van der Waals surface area contributed by atoms with Crippen molar-refractivity contribution in [2.45, 2.75) is 86.2 Å². The van der Waals surface area contributed by atoms with Crippen molar-refractivity contribution >= 4 is 39.1 Å². The Hall–Kier alpha value is -2.57. The number of Topliss-reactive ketones (excluding diaryl/α,β-unsaturated/α-hetero) is 2. The highest BCUT2D eigenvalue weighted by Crippen LogP contribution is 2.55. The molecule has 5 rings (SSSR count). The van der Waals surface area contributed by atoms with Crippen molar-refractivity contribution in [3.63, 3.8) is 0 Å². The maximum absolute atomic E-state index is 14.0. The van der Waals surface area contributed by atoms with Gasteiger partial charge in [-0.3, -0.25) is 9.59 Å². The zero-order valence-electron chi connectivity index (χ0n) is 25.5. The van der Waals surface area contributed by atoms with E-state index in [4.69, 9.17) is 21.1 Å². The van der Waals surface area contributed by atoms with Crippen molar-refractivity contribution in [3.05, 3.63) is 79.6 Å². The third-order valence-corrected chi connectivity index (χ3v) is 9.52. The van der Waals surface area contributed by atoms with E-state index in [0.717, 1.165) is 63.9 Å². The van der Waals surface area contributed by atoms with Crippen LogP contribution in [0.5, 0.6) is 11.5 Å². The summed E-state index contributed by atoms with van der Waals surface area (Å²) in [6, 6.07) is 11.7. The summed E-state index contributed by atoms with van der Waals surface area (Å²) < 4.78 is 13.3. The van der Waals surface area contributed by atoms with Gasteiger partial charge in [0.2, 0.25) is 0 Å². The Kier molecular flexibility index (Phi) is 8.70. The van der Waals surface area contributed by atoms with Gasteiger partial charge in [0.05, 0.1) is 11.6 Å². The lowest BCUT2D eigenvalue weighted by atomic mass is 9.63. The number of hydrogen-bond acceptors (Lipinski definition) is 5. The zero-order valence-corrected chi connectivity index (χ0v) is 27.9. The minimum Gasteiger partial charge on any atom is -0.490 e. The van der Waals surface area contributed by atoms with Crippen molar-refractivity contribution in [1.29, 1.82) is 0 Å². The molecule has 2 aromatic carbocycles. The van der Waals surface area contributed by atoms with E-state index in [1.165, 1.54) is 0 Å². The molecule has 0 spiro atoms. The summed E-state index contributed by atoms with van der Waals surface area (Å²) in [4.78, 5) is 30.4. The first kappa shape index (κ1) is 30.9. The number of ether oxygens (including phenoxy) is 2. The molecule has 224 valence electrons. The lowest BCUT2D eigenvalue weighted by molar-refractivity contribution is -0.119. The van der Waals surface area contributed by atoms with Crippen LogP contribution in [0.1, 0.15) is 90.7 Å². The second-order valence-corrected chi connectivity index (χ2v) is 14.6. The Morgan fingerprint density at radius 3 is 2.05 bits per heavy atom. The van der Waals surface area contributed by atoms with E-state index in [0.29, 0.717) is 42.6 Å². The van der Waals surface area contributed by atoms with Gasteiger partial charge >= 0.3 is 0 Å². The SMILES string of the molecule is CCCN1C2=C(C(=O)CC(C)(C)C2)C(c2cc(Cl)c(OCc3ccccc3Br)c(OCC)c2)C2=C1CC(C)(C)CC2=O. The molecular formula is C35H41BrClNO4. The summed E-state index contributed by atoms with van der Waals surface area (Å²) in [6.45, 7) is 14.2. The Morgan fingerprint density at radius 1 is 0.905 bits per heavy atom. The molecule has 0 aromatic heterocycles. The van der Waals surface area contributed by atoms with Crippen LogP contribution in [0.2, 0.25) is 5.02 Å². The monoisotopic (exact) mass is 653 g/mol. The van der Waals surface area contributed by atoms with Crippen molar-refractivity contribution in [2.75, 3.05) is 13.2 Å². The highest BCUT2D eigenvalue weighted by molar-refractivity contribution is 9.10. The average molecular weight is 655 g/mol. The topological polar surface area (TPSA) is 55.8 Å². The van der Waals surface area contributed by atoms with Crippen LogP contribution in [0.25, 0.3) is 0 Å². The molecule has 0 saturated heterocycles. The van der Waals surface area contributed by atoms with E-state index in [2.05, 4.69) is 55.4 Å². The zero-order chi connectivity index (χ0) is 30.4. The van der Waals surface area contributed by atoms with Gasteiger partial charge in [-0.2, -0.15) is 0 Å². The molecule has 0 bridgehead atoms. The van der Waals surface area contributed by atoms with Crippen molar-refractivity contribution in [3.8, 4) is 11.5 Å². The second kappa shape index (κ2) is 11.8. The van der Waals surface area contributed by atoms with E-state index in [1.807, 2.05) is 43.3 Å². The van der Waals surface area contributed by atoms with Crippen LogP contribution in [-0.2, 0) is 16.2 Å². The minimum absolute atomic E-state index is 0.111. The fourth-order valence-electron chi connectivity index (χ4n) is 6.80. The fraction of sp³-hybridized carbons (Fsp3) is 0.486. The fourth-order valence-corrected chi connectivity index (χ4v) is 7.47. The smallest absolute Gasteiger partial charge is 0.180 e. The van der Waals surface area contributed by atoms with Crippen molar-refractivity contribution in [1.82, 2.24) is 4.90 Å². The number of carbonyl (C=O) groups excluding carboxylic acids is 2. The molecule has 0 atom stereocenters. The second-order valence-electron chi connectivity index (χ2n) is 13.3. The van der Waals surface area contributed by atoms with Gasteiger partial charge in [-0.05, 0) is 60.8 Å². The van der Waals surface area contributed by atoms with Gasteiger partial charge in [-0.1, -0.05) is 80.3 Å². The van der Waals surface area contributed by atoms with Crippen LogP contribution in [0.4, 0.5) is 0 Å². The van der Waals surface area contributed by atoms with E-state index in [1.54, 1.807) is 0 Å². The number of carbonyl (C=O) groups is 2. The molecule has 0 fully saturated rings. The number of ketones is 2. The normalized spacial score (nSPS) is 20.0. The Bertz CT molecular complexity index is 1430. The number of nitrogens with zero attached hydrogens (tertiary/aromatic N) is 1. The van der Waals surface area contributed by atoms with Gasteiger partial charge < -0.3 is 14.4 Å². The first-order valence-electron chi connectivity index (χ1n) is 15.0. The summed E-state index contributed by atoms with van der Waals surface area (Å²) in [5, 5.41) is 0.399. The van der Waals surface area contributed by atoms with Gasteiger partial charge in [-0.25, -0.2) is 0 Å². The first-order valence-corrected chi connectivity index (χ1v) is 16.2. The lowest BCUT2D eigenvalue weighted by Crippen LogP contribution is -2.44. The molecule has 0 amide bonds. The van der Waals surface area contributed by atoms with Crippen molar-refractivity contribution in [2.24, 2.45) is 10.8 Å². The molecule has 0 saturated carbocycles. The molecule has 1 aliphatic heterocycles. The summed E-state index contributed by atoms with van der Waals surface area (Å²) in [6.07, 6.45) is 3.39. The van der Waals surface area contributed by atoms with E-state index in [9.17, 15) is 9.59 Å². The summed E-state index contributed by atoms with van der Waals surface area (Å²) in [5.74, 6) is 0.709. The van der Waals surface area contributed by atoms with Crippen LogP contribution in [0.15, 0.2) is 63.4 Å². The average Bonchev–Trinajstić information content (AvgIpc) is 2.88. The van der Waals surface area contributed by atoms with Gasteiger partial charge in [0.1, 0.15) is 6.61 Å². The van der Waals surface area contributed by atoms with Gasteiger partial charge in [0.15, 0.2) is 23.1 Å². The van der Waals surface area contributed by atoms with Crippen LogP contribution < -0.4 is 9.47 Å². The van der Waals surface area contributed by atoms with E-state index >= 15 is 0 Å². The van der Waals surface area contributed by atoms with Crippen LogP contribution >= 0.6 is 27.5 Å².